The van der Waals surface area contributed by atoms with Crippen LogP contribution in [0.15, 0.2) is 36.4 Å². The number of rotatable bonds is 12. The third kappa shape index (κ3) is 7.73. The maximum atomic E-state index is 13.2. The molecule has 3 rings (SSSR count). The molecule has 2 aromatic carbocycles. The van der Waals surface area contributed by atoms with Crippen molar-refractivity contribution < 1.29 is 19.4 Å². The van der Waals surface area contributed by atoms with Crippen LogP contribution in [-0.4, -0.2) is 53.2 Å². The normalized spacial score (nSPS) is 14.4. The van der Waals surface area contributed by atoms with Crippen LogP contribution in [0, 0.1) is 13.8 Å². The molecule has 2 N–H and O–H groups in total. The van der Waals surface area contributed by atoms with Crippen LogP contribution >= 0.6 is 0 Å². The van der Waals surface area contributed by atoms with E-state index in [9.17, 15) is 14.7 Å². The number of aliphatic carboxylic acids is 1. The van der Waals surface area contributed by atoms with E-state index in [0.717, 1.165) is 48.3 Å². The Morgan fingerprint density at radius 1 is 1.00 bits per heavy atom. The Kier molecular flexibility index (Phi) is 10.2. The highest BCUT2D eigenvalue weighted by Gasteiger charge is 2.30. The number of nitrogens with one attached hydrogen (secondary N) is 1. The van der Waals surface area contributed by atoms with E-state index in [1.165, 1.54) is 24.9 Å². The summed E-state index contributed by atoms with van der Waals surface area (Å²) < 4.78 is 5.77. The number of hydrogen-bond acceptors (Lipinski definition) is 5. The van der Waals surface area contributed by atoms with Gasteiger partial charge in [-0.05, 0) is 95.3 Å². The molecule has 0 radical (unpaired) electrons. The lowest BCUT2D eigenvalue weighted by molar-refractivity contribution is -0.152. The Morgan fingerprint density at radius 2 is 1.68 bits per heavy atom. The summed E-state index contributed by atoms with van der Waals surface area (Å²) in [6.07, 6.45) is 5.81. The summed E-state index contributed by atoms with van der Waals surface area (Å²) in [6, 6.07) is 12.4. The monoisotopic (exact) mass is 523 g/mol. The van der Waals surface area contributed by atoms with E-state index in [0.29, 0.717) is 24.9 Å². The zero-order chi connectivity index (χ0) is 27.9. The van der Waals surface area contributed by atoms with Crippen molar-refractivity contribution in [3.05, 3.63) is 53.1 Å². The van der Waals surface area contributed by atoms with Crippen LogP contribution in [0.2, 0.25) is 0 Å². The highest BCUT2D eigenvalue weighted by Crippen LogP contribution is 2.28. The lowest BCUT2D eigenvalue weighted by atomic mass is 9.93. The molecule has 38 heavy (non-hydrogen) atoms. The van der Waals surface area contributed by atoms with Crippen LogP contribution in [0.5, 0.6) is 5.75 Å². The first kappa shape index (κ1) is 29.5. The molecule has 0 bridgehead atoms. The van der Waals surface area contributed by atoms with Crippen LogP contribution in [-0.2, 0) is 16.1 Å². The van der Waals surface area contributed by atoms with E-state index in [-0.39, 0.29) is 5.91 Å². The van der Waals surface area contributed by atoms with Gasteiger partial charge in [0.25, 0.3) is 0 Å². The fourth-order valence-electron chi connectivity index (χ4n) is 5.19. The molecule has 208 valence electrons. The quantitative estimate of drug-likeness (QED) is 0.346. The van der Waals surface area contributed by atoms with Gasteiger partial charge in [0.15, 0.2) is 5.60 Å². The standard InChI is InChI=1S/C31H45N3O4/c1-7-33(8-2)26-15-16-27(22(3)19-26)32-29(35)21-34(25-12-10-9-11-13-25)20-24-14-17-28(23(4)18-24)38-31(5,6)30(36)37/h14-19,25H,7-13,20-21H2,1-6H3,(H,32,35)(H,36,37). The second kappa shape index (κ2) is 13.1. The van der Waals surface area contributed by atoms with Crippen molar-refractivity contribution >= 4 is 23.3 Å². The summed E-state index contributed by atoms with van der Waals surface area (Å²) in [6.45, 7) is 14.2. The number of benzene rings is 2. The van der Waals surface area contributed by atoms with E-state index in [4.69, 9.17) is 4.74 Å². The molecule has 7 heteroatoms. The number of carbonyl (C=O) groups is 2. The van der Waals surface area contributed by atoms with Gasteiger partial charge in [-0.2, -0.15) is 0 Å². The molecule has 1 aliphatic carbocycles. The molecule has 2 aromatic rings. The number of hydrogen-bond donors (Lipinski definition) is 2. The van der Waals surface area contributed by atoms with Gasteiger partial charge < -0.3 is 20.1 Å². The molecule has 0 unspecified atom stereocenters. The van der Waals surface area contributed by atoms with Crippen LogP contribution in [0.25, 0.3) is 0 Å². The summed E-state index contributed by atoms with van der Waals surface area (Å²) in [5.41, 5.74) is 3.74. The number of carbonyl (C=O) groups excluding carboxylic acids is 1. The molecule has 1 amide bonds. The molecule has 1 fully saturated rings. The minimum atomic E-state index is -1.31. The average molecular weight is 524 g/mol. The number of carboxylic acids is 1. The predicted octanol–water partition coefficient (Wildman–Crippen LogP) is 6.17. The number of ether oxygens (including phenoxy) is 1. The van der Waals surface area contributed by atoms with Crippen molar-refractivity contribution in [3.63, 3.8) is 0 Å². The van der Waals surface area contributed by atoms with E-state index >= 15 is 0 Å². The Bertz CT molecular complexity index is 1100. The minimum Gasteiger partial charge on any atom is -0.478 e. The molecule has 0 heterocycles. The smallest absolute Gasteiger partial charge is 0.347 e. The molecule has 0 saturated heterocycles. The average Bonchev–Trinajstić information content (AvgIpc) is 2.88. The first-order valence-corrected chi connectivity index (χ1v) is 14.0. The second-order valence-corrected chi connectivity index (χ2v) is 10.9. The van der Waals surface area contributed by atoms with E-state index in [1.807, 2.05) is 38.1 Å². The van der Waals surface area contributed by atoms with Crippen molar-refractivity contribution in [2.75, 3.05) is 29.9 Å². The van der Waals surface area contributed by atoms with E-state index in [1.54, 1.807) is 13.8 Å². The van der Waals surface area contributed by atoms with Crippen molar-refractivity contribution in [2.45, 2.75) is 91.8 Å². The highest BCUT2D eigenvalue weighted by molar-refractivity contribution is 5.93. The Morgan fingerprint density at radius 3 is 2.26 bits per heavy atom. The van der Waals surface area contributed by atoms with Crippen molar-refractivity contribution in [1.29, 1.82) is 0 Å². The van der Waals surface area contributed by atoms with Crippen LogP contribution in [0.3, 0.4) is 0 Å². The van der Waals surface area contributed by atoms with Gasteiger partial charge in [0, 0.05) is 37.1 Å². The molecule has 0 aliphatic heterocycles. The summed E-state index contributed by atoms with van der Waals surface area (Å²) in [4.78, 5) is 29.3. The Labute approximate surface area is 228 Å². The van der Waals surface area contributed by atoms with Gasteiger partial charge >= 0.3 is 5.97 Å². The number of aryl methyl sites for hydroxylation is 2. The molecular weight excluding hydrogens is 478 g/mol. The third-order valence-electron chi connectivity index (χ3n) is 7.56. The van der Waals surface area contributed by atoms with Gasteiger partial charge in [-0.3, -0.25) is 9.69 Å². The lowest BCUT2D eigenvalue weighted by Crippen LogP contribution is -2.41. The van der Waals surface area contributed by atoms with Gasteiger partial charge in [0.2, 0.25) is 5.91 Å². The first-order valence-electron chi connectivity index (χ1n) is 14.0. The maximum absolute atomic E-state index is 13.2. The number of carboxylic acid groups (broad SMARTS) is 1. The minimum absolute atomic E-state index is 0.00542. The number of amides is 1. The van der Waals surface area contributed by atoms with Crippen molar-refractivity contribution in [2.24, 2.45) is 0 Å². The van der Waals surface area contributed by atoms with Gasteiger partial charge in [0.05, 0.1) is 6.54 Å². The fourth-order valence-corrected chi connectivity index (χ4v) is 5.19. The summed E-state index contributed by atoms with van der Waals surface area (Å²) in [7, 11) is 0. The van der Waals surface area contributed by atoms with Gasteiger partial charge in [-0.15, -0.1) is 0 Å². The molecule has 1 aliphatic rings. The molecule has 7 nitrogen and oxygen atoms in total. The molecule has 0 spiro atoms. The molecule has 0 atom stereocenters. The van der Waals surface area contributed by atoms with Gasteiger partial charge in [-0.1, -0.05) is 31.4 Å². The van der Waals surface area contributed by atoms with Crippen LogP contribution < -0.4 is 15.0 Å². The van der Waals surface area contributed by atoms with Gasteiger partial charge in [0.1, 0.15) is 5.75 Å². The fraction of sp³-hybridized carbons (Fsp3) is 0.548. The summed E-state index contributed by atoms with van der Waals surface area (Å²) >= 11 is 0. The lowest BCUT2D eigenvalue weighted by Gasteiger charge is -2.34. The molecule has 0 aromatic heterocycles. The zero-order valence-electron chi connectivity index (χ0n) is 24.0. The van der Waals surface area contributed by atoms with Crippen LogP contribution in [0.1, 0.15) is 76.5 Å². The zero-order valence-corrected chi connectivity index (χ0v) is 24.0. The Balaban J connectivity index is 1.73. The predicted molar refractivity (Wildman–Crippen MR) is 154 cm³/mol. The molecular formula is C31H45N3O4. The SMILES string of the molecule is CCN(CC)c1ccc(NC(=O)CN(Cc2ccc(OC(C)(C)C(=O)O)c(C)c2)C2CCCCC2)c(C)c1. The summed E-state index contributed by atoms with van der Waals surface area (Å²) in [5.74, 6) is -0.450. The maximum Gasteiger partial charge on any atom is 0.347 e. The third-order valence-corrected chi connectivity index (χ3v) is 7.56. The number of nitrogens with zero attached hydrogens (tertiary/aromatic N) is 2. The van der Waals surface area contributed by atoms with Crippen molar-refractivity contribution in [1.82, 2.24) is 4.90 Å². The first-order chi connectivity index (χ1) is 18.0. The summed E-state index contributed by atoms with van der Waals surface area (Å²) in [5, 5.41) is 12.6. The number of anilines is 2. The topological polar surface area (TPSA) is 82.1 Å². The van der Waals surface area contributed by atoms with Gasteiger partial charge in [-0.25, -0.2) is 4.79 Å². The Hall–Kier alpha value is -3.06. The van der Waals surface area contributed by atoms with E-state index in [2.05, 4.69) is 41.1 Å². The molecule has 1 saturated carbocycles. The highest BCUT2D eigenvalue weighted by atomic mass is 16.5. The largest absolute Gasteiger partial charge is 0.478 e. The van der Waals surface area contributed by atoms with E-state index < -0.39 is 11.6 Å². The van der Waals surface area contributed by atoms with Crippen LogP contribution in [0.4, 0.5) is 11.4 Å². The van der Waals surface area contributed by atoms with Crippen molar-refractivity contribution in [3.8, 4) is 5.75 Å². The second-order valence-electron chi connectivity index (χ2n) is 10.9.